The molecule has 158 valence electrons. The van der Waals surface area contributed by atoms with E-state index in [0.29, 0.717) is 6.61 Å². The molecule has 0 aliphatic carbocycles. The first kappa shape index (κ1) is 19.8. The summed E-state index contributed by atoms with van der Waals surface area (Å²) in [5.41, 5.74) is 7.23. The maximum Gasteiger partial charge on any atom is 0.120 e. The molecule has 1 atom stereocenters. The summed E-state index contributed by atoms with van der Waals surface area (Å²) < 4.78 is 13.9. The summed E-state index contributed by atoms with van der Waals surface area (Å²) in [6.07, 6.45) is 1.86. The molecule has 0 N–H and O–H groups in total. The minimum Gasteiger partial charge on any atom is -0.491 e. The first-order valence-corrected chi connectivity index (χ1v) is 10.7. The lowest BCUT2D eigenvalue weighted by Crippen LogP contribution is -2.34. The first-order valence-electron chi connectivity index (χ1n) is 10.7. The highest BCUT2D eigenvalue weighted by molar-refractivity contribution is 5.82. The molecule has 5 heteroatoms. The van der Waals surface area contributed by atoms with Gasteiger partial charge in [0.15, 0.2) is 0 Å². The van der Waals surface area contributed by atoms with Crippen LogP contribution in [-0.2, 0) is 24.9 Å². The highest BCUT2D eigenvalue weighted by Gasteiger charge is 2.22. The van der Waals surface area contributed by atoms with E-state index in [2.05, 4.69) is 64.5 Å². The van der Waals surface area contributed by atoms with Gasteiger partial charge in [0.05, 0.1) is 17.4 Å². The Balaban J connectivity index is 1.24. The molecule has 0 amide bonds. The van der Waals surface area contributed by atoms with Crippen molar-refractivity contribution in [2.45, 2.75) is 19.2 Å². The molecular weight excluding hydrogens is 386 g/mol. The van der Waals surface area contributed by atoms with Crippen molar-refractivity contribution in [1.82, 2.24) is 14.5 Å². The van der Waals surface area contributed by atoms with E-state index in [0.717, 1.165) is 47.5 Å². The van der Waals surface area contributed by atoms with E-state index in [1.165, 1.54) is 11.1 Å². The van der Waals surface area contributed by atoms with E-state index in [1.807, 2.05) is 30.1 Å². The van der Waals surface area contributed by atoms with Crippen molar-refractivity contribution >= 4 is 11.0 Å². The van der Waals surface area contributed by atoms with Gasteiger partial charge in [0.1, 0.15) is 18.5 Å². The third-order valence-electron chi connectivity index (χ3n) is 6.03. The van der Waals surface area contributed by atoms with Gasteiger partial charge in [0.25, 0.3) is 0 Å². The van der Waals surface area contributed by atoms with Gasteiger partial charge >= 0.3 is 0 Å². The average Bonchev–Trinajstić information content (AvgIpc) is 3.39. The van der Waals surface area contributed by atoms with Crippen LogP contribution in [0.15, 0.2) is 73.1 Å². The van der Waals surface area contributed by atoms with Gasteiger partial charge in [-0.1, -0.05) is 42.5 Å². The largest absolute Gasteiger partial charge is 0.491 e. The lowest BCUT2D eigenvalue weighted by molar-refractivity contribution is 0.0284. The predicted octanol–water partition coefficient (Wildman–Crippen LogP) is 4.65. The number of aromatic nitrogens is 2. The molecule has 0 saturated heterocycles. The Labute approximate surface area is 182 Å². The van der Waals surface area contributed by atoms with E-state index in [-0.39, 0.29) is 6.10 Å². The summed E-state index contributed by atoms with van der Waals surface area (Å²) in [5.74, 6) is 0.856. The molecular formula is C26H27N3O2. The van der Waals surface area contributed by atoms with Gasteiger partial charge in [-0.2, -0.15) is 0 Å². The van der Waals surface area contributed by atoms with Gasteiger partial charge in [-0.15, -0.1) is 0 Å². The van der Waals surface area contributed by atoms with Gasteiger partial charge in [-0.05, 0) is 46.5 Å². The van der Waals surface area contributed by atoms with E-state index in [1.54, 1.807) is 7.11 Å². The summed E-state index contributed by atoms with van der Waals surface area (Å²) >= 11 is 0. The van der Waals surface area contributed by atoms with Crippen molar-refractivity contribution in [2.75, 3.05) is 20.3 Å². The number of aryl methyl sites for hydroxylation is 1. The minimum absolute atomic E-state index is 0.0174. The number of imidazole rings is 1. The summed E-state index contributed by atoms with van der Waals surface area (Å²) in [7, 11) is 3.78. The van der Waals surface area contributed by atoms with Crippen molar-refractivity contribution in [1.29, 1.82) is 0 Å². The fourth-order valence-electron chi connectivity index (χ4n) is 4.28. The van der Waals surface area contributed by atoms with Crippen molar-refractivity contribution in [3.8, 4) is 16.9 Å². The highest BCUT2D eigenvalue weighted by Crippen LogP contribution is 2.27. The second-order valence-electron chi connectivity index (χ2n) is 8.19. The predicted molar refractivity (Wildman–Crippen MR) is 123 cm³/mol. The van der Waals surface area contributed by atoms with Crippen molar-refractivity contribution in [3.63, 3.8) is 0 Å². The van der Waals surface area contributed by atoms with E-state index in [9.17, 15) is 0 Å². The van der Waals surface area contributed by atoms with Crippen LogP contribution in [0.2, 0.25) is 0 Å². The van der Waals surface area contributed by atoms with Crippen molar-refractivity contribution in [2.24, 2.45) is 7.05 Å². The second-order valence-corrected chi connectivity index (χ2v) is 8.19. The summed E-state index contributed by atoms with van der Waals surface area (Å²) in [6.45, 7) is 3.32. The molecule has 1 aromatic heterocycles. The van der Waals surface area contributed by atoms with Crippen LogP contribution in [0.5, 0.6) is 5.75 Å². The molecule has 5 nitrogen and oxygen atoms in total. The Bertz CT molecular complexity index is 1180. The lowest BCUT2D eigenvalue weighted by atomic mass is 10.0. The van der Waals surface area contributed by atoms with Crippen LogP contribution in [0.1, 0.15) is 11.1 Å². The number of hydrogen-bond acceptors (Lipinski definition) is 4. The standard InChI is InChI=1S/C26H27N3O2/c1-28-18-27-25-11-10-20(13-26(25)28)19-8-5-9-23(12-19)31-17-24(30-2)16-29-14-21-6-3-4-7-22(21)15-29/h3-13,18,24H,14-17H2,1-2H3. The van der Waals surface area contributed by atoms with Crippen molar-refractivity contribution < 1.29 is 9.47 Å². The molecule has 0 fully saturated rings. The van der Waals surface area contributed by atoms with Crippen LogP contribution < -0.4 is 4.74 Å². The molecule has 1 unspecified atom stereocenters. The summed E-state index contributed by atoms with van der Waals surface area (Å²) in [5, 5.41) is 0. The highest BCUT2D eigenvalue weighted by atomic mass is 16.5. The van der Waals surface area contributed by atoms with Gasteiger partial charge < -0.3 is 14.0 Å². The molecule has 0 spiro atoms. The number of methoxy groups -OCH3 is 1. The molecule has 0 bridgehead atoms. The van der Waals surface area contributed by atoms with Crippen LogP contribution >= 0.6 is 0 Å². The number of hydrogen-bond donors (Lipinski definition) is 0. The maximum atomic E-state index is 6.14. The quantitative estimate of drug-likeness (QED) is 0.442. The molecule has 4 aromatic rings. The third kappa shape index (κ3) is 4.20. The molecule has 2 heterocycles. The van der Waals surface area contributed by atoms with Gasteiger partial charge in [-0.25, -0.2) is 4.98 Å². The zero-order valence-corrected chi connectivity index (χ0v) is 18.0. The zero-order chi connectivity index (χ0) is 21.2. The fourth-order valence-corrected chi connectivity index (χ4v) is 4.28. The molecule has 5 rings (SSSR count). The Hall–Kier alpha value is -3.15. The Morgan fingerprint density at radius 1 is 0.935 bits per heavy atom. The normalized spacial score (nSPS) is 14.6. The number of nitrogens with zero attached hydrogens (tertiary/aromatic N) is 3. The first-order chi connectivity index (χ1) is 15.2. The molecule has 31 heavy (non-hydrogen) atoms. The molecule has 0 radical (unpaired) electrons. The summed E-state index contributed by atoms with van der Waals surface area (Å²) in [6, 6.07) is 23.2. The van der Waals surface area contributed by atoms with Crippen LogP contribution in [0, 0.1) is 0 Å². The van der Waals surface area contributed by atoms with E-state index in [4.69, 9.17) is 9.47 Å². The Morgan fingerprint density at radius 2 is 1.71 bits per heavy atom. The molecule has 1 aliphatic rings. The van der Waals surface area contributed by atoms with E-state index >= 15 is 0 Å². The van der Waals surface area contributed by atoms with Crippen molar-refractivity contribution in [3.05, 3.63) is 84.2 Å². The smallest absolute Gasteiger partial charge is 0.120 e. The number of benzene rings is 3. The SMILES string of the molecule is COC(COc1cccc(-c2ccc3ncn(C)c3c2)c1)CN1Cc2ccccc2C1. The summed E-state index contributed by atoms with van der Waals surface area (Å²) in [4.78, 5) is 6.82. The van der Waals surface area contributed by atoms with Crippen LogP contribution in [0.3, 0.4) is 0 Å². The zero-order valence-electron chi connectivity index (χ0n) is 18.0. The molecule has 1 aliphatic heterocycles. The average molecular weight is 414 g/mol. The minimum atomic E-state index is 0.0174. The monoisotopic (exact) mass is 413 g/mol. The Kier molecular flexibility index (Phi) is 5.45. The molecule has 3 aromatic carbocycles. The maximum absolute atomic E-state index is 6.14. The van der Waals surface area contributed by atoms with E-state index < -0.39 is 0 Å². The van der Waals surface area contributed by atoms with Crippen LogP contribution in [-0.4, -0.2) is 40.8 Å². The number of fused-ring (bicyclic) bond motifs is 2. The van der Waals surface area contributed by atoms with Crippen LogP contribution in [0.4, 0.5) is 0 Å². The molecule has 0 saturated carbocycles. The second kappa shape index (κ2) is 8.53. The van der Waals surface area contributed by atoms with Gasteiger partial charge in [0.2, 0.25) is 0 Å². The number of rotatable bonds is 7. The Morgan fingerprint density at radius 3 is 2.48 bits per heavy atom. The third-order valence-corrected chi connectivity index (χ3v) is 6.03. The fraction of sp³-hybridized carbons (Fsp3) is 0.269. The number of ether oxygens (including phenoxy) is 2. The topological polar surface area (TPSA) is 39.5 Å². The van der Waals surface area contributed by atoms with Crippen LogP contribution in [0.25, 0.3) is 22.2 Å². The van der Waals surface area contributed by atoms with Gasteiger partial charge in [-0.3, -0.25) is 4.90 Å². The van der Waals surface area contributed by atoms with Gasteiger partial charge in [0, 0.05) is 33.8 Å². The lowest BCUT2D eigenvalue weighted by Gasteiger charge is -2.22.